The van der Waals surface area contributed by atoms with Crippen LogP contribution in [-0.2, 0) is 5.41 Å². The van der Waals surface area contributed by atoms with Gasteiger partial charge in [0.1, 0.15) is 6.61 Å². The van der Waals surface area contributed by atoms with Gasteiger partial charge in [0.15, 0.2) is 0 Å². The van der Waals surface area contributed by atoms with Crippen molar-refractivity contribution in [3.8, 4) is 5.88 Å². The van der Waals surface area contributed by atoms with Crippen molar-refractivity contribution in [1.82, 2.24) is 10.3 Å². The van der Waals surface area contributed by atoms with E-state index in [1.165, 1.54) is 5.56 Å². The van der Waals surface area contributed by atoms with Gasteiger partial charge in [0.25, 0.3) is 0 Å². The minimum absolute atomic E-state index is 0.0171. The number of pyridine rings is 1. The molecule has 0 atom stereocenters. The Balaban J connectivity index is 2.93. The summed E-state index contributed by atoms with van der Waals surface area (Å²) in [7, 11) is 0. The molecule has 0 bridgehead atoms. The van der Waals surface area contributed by atoms with E-state index in [4.69, 9.17) is 4.74 Å². The lowest BCUT2D eigenvalue weighted by Gasteiger charge is -2.23. The van der Waals surface area contributed by atoms with E-state index in [2.05, 4.69) is 50.1 Å². The molecule has 0 fully saturated rings. The highest BCUT2D eigenvalue weighted by atomic mass is 16.5. The van der Waals surface area contributed by atoms with Gasteiger partial charge in [-0.25, -0.2) is 4.98 Å². The molecule has 1 aromatic heterocycles. The van der Waals surface area contributed by atoms with Crippen molar-refractivity contribution in [3.63, 3.8) is 0 Å². The fourth-order valence-electron chi connectivity index (χ4n) is 2.12. The Morgan fingerprint density at radius 2 is 2.00 bits per heavy atom. The molecule has 21 heavy (non-hydrogen) atoms. The first-order valence-corrected chi connectivity index (χ1v) is 7.88. The number of nitrogens with zero attached hydrogens (tertiary/aromatic N) is 1. The van der Waals surface area contributed by atoms with Crippen molar-refractivity contribution in [3.05, 3.63) is 29.0 Å². The van der Waals surface area contributed by atoms with Crippen molar-refractivity contribution in [2.24, 2.45) is 0 Å². The zero-order valence-electron chi connectivity index (χ0n) is 14.4. The van der Waals surface area contributed by atoms with E-state index in [9.17, 15) is 0 Å². The van der Waals surface area contributed by atoms with Crippen LogP contribution in [0.15, 0.2) is 12.1 Å². The van der Waals surface area contributed by atoms with Gasteiger partial charge in [-0.1, -0.05) is 39.8 Å². The number of aromatic nitrogens is 1. The SMILES string of the molecule is C/C=C\c1cc(C(C)(C)C)c(OCCNCCC)nc1C. The highest BCUT2D eigenvalue weighted by Crippen LogP contribution is 2.32. The molecule has 0 spiro atoms. The zero-order chi connectivity index (χ0) is 15.9. The third kappa shape index (κ3) is 5.50. The van der Waals surface area contributed by atoms with Gasteiger partial charge in [0.2, 0.25) is 5.88 Å². The standard InChI is InChI=1S/C18H30N2O/c1-7-9-15-13-16(18(4,5)6)17(20-14(15)3)21-12-11-19-10-8-2/h7,9,13,19H,8,10-12H2,1-6H3/b9-7-. The van der Waals surface area contributed by atoms with Crippen molar-refractivity contribution >= 4 is 6.08 Å². The molecular weight excluding hydrogens is 260 g/mol. The Hall–Kier alpha value is -1.35. The van der Waals surface area contributed by atoms with Crippen LogP contribution in [-0.4, -0.2) is 24.7 Å². The summed E-state index contributed by atoms with van der Waals surface area (Å²) in [6, 6.07) is 2.21. The molecule has 1 aromatic rings. The fourth-order valence-corrected chi connectivity index (χ4v) is 2.12. The third-order valence-electron chi connectivity index (χ3n) is 3.32. The predicted octanol–water partition coefficient (Wildman–Crippen LogP) is 4.10. The molecule has 118 valence electrons. The smallest absolute Gasteiger partial charge is 0.217 e. The van der Waals surface area contributed by atoms with Crippen molar-refractivity contribution in [2.45, 2.75) is 53.4 Å². The maximum Gasteiger partial charge on any atom is 0.217 e. The lowest BCUT2D eigenvalue weighted by atomic mass is 9.86. The quantitative estimate of drug-likeness (QED) is 0.768. The normalized spacial score (nSPS) is 12.1. The van der Waals surface area contributed by atoms with Crippen LogP contribution in [0.1, 0.15) is 57.9 Å². The molecule has 0 aliphatic heterocycles. The van der Waals surface area contributed by atoms with Gasteiger partial charge in [0.05, 0.1) is 0 Å². The van der Waals surface area contributed by atoms with Gasteiger partial charge in [-0.15, -0.1) is 0 Å². The molecule has 3 heteroatoms. The number of aryl methyl sites for hydroxylation is 1. The van der Waals surface area contributed by atoms with Crippen LogP contribution < -0.4 is 10.1 Å². The van der Waals surface area contributed by atoms with Crippen LogP contribution in [0.4, 0.5) is 0 Å². The highest BCUT2D eigenvalue weighted by molar-refractivity contribution is 5.55. The lowest BCUT2D eigenvalue weighted by Crippen LogP contribution is -2.23. The summed E-state index contributed by atoms with van der Waals surface area (Å²) in [5.74, 6) is 0.770. The number of hydrogen-bond acceptors (Lipinski definition) is 3. The van der Waals surface area contributed by atoms with E-state index in [0.29, 0.717) is 6.61 Å². The molecule has 3 nitrogen and oxygen atoms in total. The van der Waals surface area contributed by atoms with Gasteiger partial charge in [-0.05, 0) is 43.9 Å². The molecular formula is C18H30N2O. The van der Waals surface area contributed by atoms with Crippen LogP contribution in [0.3, 0.4) is 0 Å². The average molecular weight is 290 g/mol. The number of nitrogens with one attached hydrogen (secondary N) is 1. The summed E-state index contributed by atoms with van der Waals surface area (Å²) >= 11 is 0. The Kier molecular flexibility index (Phi) is 6.90. The van der Waals surface area contributed by atoms with Crippen molar-refractivity contribution < 1.29 is 4.74 Å². The molecule has 0 aliphatic rings. The molecule has 0 unspecified atom stereocenters. The largest absolute Gasteiger partial charge is 0.476 e. The van der Waals surface area contributed by atoms with Gasteiger partial charge in [0, 0.05) is 17.8 Å². The molecule has 0 aromatic carbocycles. The third-order valence-corrected chi connectivity index (χ3v) is 3.32. The molecule has 1 rings (SSSR count). The van der Waals surface area contributed by atoms with Crippen LogP contribution in [0.2, 0.25) is 0 Å². The fraction of sp³-hybridized carbons (Fsp3) is 0.611. The first kappa shape index (κ1) is 17.7. The lowest BCUT2D eigenvalue weighted by molar-refractivity contribution is 0.293. The second kappa shape index (κ2) is 8.18. The second-order valence-corrected chi connectivity index (χ2v) is 6.36. The van der Waals surface area contributed by atoms with E-state index in [1.807, 2.05) is 19.9 Å². The van der Waals surface area contributed by atoms with E-state index in [-0.39, 0.29) is 5.41 Å². The molecule has 1 N–H and O–H groups in total. The summed E-state index contributed by atoms with van der Waals surface area (Å²) in [5.41, 5.74) is 3.36. The van der Waals surface area contributed by atoms with E-state index in [0.717, 1.165) is 36.6 Å². The maximum atomic E-state index is 5.93. The predicted molar refractivity (Wildman–Crippen MR) is 91.0 cm³/mol. The summed E-state index contributed by atoms with van der Waals surface area (Å²) < 4.78 is 5.93. The number of ether oxygens (including phenoxy) is 1. The topological polar surface area (TPSA) is 34.1 Å². The van der Waals surface area contributed by atoms with Crippen molar-refractivity contribution in [1.29, 1.82) is 0 Å². The first-order valence-electron chi connectivity index (χ1n) is 7.88. The van der Waals surface area contributed by atoms with Gasteiger partial charge in [-0.2, -0.15) is 0 Å². The van der Waals surface area contributed by atoms with Gasteiger partial charge >= 0.3 is 0 Å². The Morgan fingerprint density at radius 3 is 2.57 bits per heavy atom. The highest BCUT2D eigenvalue weighted by Gasteiger charge is 2.21. The summed E-state index contributed by atoms with van der Waals surface area (Å²) in [6.45, 7) is 15.3. The van der Waals surface area contributed by atoms with Crippen LogP contribution >= 0.6 is 0 Å². The maximum absolute atomic E-state index is 5.93. The molecule has 0 aliphatic carbocycles. The number of hydrogen-bond donors (Lipinski definition) is 1. The summed E-state index contributed by atoms with van der Waals surface area (Å²) in [6.07, 6.45) is 5.29. The molecule has 0 radical (unpaired) electrons. The average Bonchev–Trinajstić information content (AvgIpc) is 2.40. The molecule has 0 amide bonds. The molecule has 1 heterocycles. The zero-order valence-corrected chi connectivity index (χ0v) is 14.4. The van der Waals surface area contributed by atoms with Crippen molar-refractivity contribution in [2.75, 3.05) is 19.7 Å². The Labute approximate surface area is 129 Å². The van der Waals surface area contributed by atoms with E-state index >= 15 is 0 Å². The first-order chi connectivity index (χ1) is 9.90. The van der Waals surface area contributed by atoms with Gasteiger partial charge in [-0.3, -0.25) is 0 Å². The van der Waals surface area contributed by atoms with E-state index < -0.39 is 0 Å². The molecule has 0 saturated carbocycles. The van der Waals surface area contributed by atoms with E-state index in [1.54, 1.807) is 0 Å². The summed E-state index contributed by atoms with van der Waals surface area (Å²) in [4.78, 5) is 4.67. The second-order valence-electron chi connectivity index (χ2n) is 6.36. The Morgan fingerprint density at radius 1 is 1.29 bits per heavy atom. The monoisotopic (exact) mass is 290 g/mol. The van der Waals surface area contributed by atoms with Crippen LogP contribution in [0.5, 0.6) is 5.88 Å². The summed E-state index contributed by atoms with van der Waals surface area (Å²) in [5, 5.41) is 3.35. The number of rotatable bonds is 7. The number of allylic oxidation sites excluding steroid dienone is 1. The van der Waals surface area contributed by atoms with Gasteiger partial charge < -0.3 is 10.1 Å². The molecule has 0 saturated heterocycles. The minimum Gasteiger partial charge on any atom is -0.476 e. The Bertz CT molecular complexity index is 473. The minimum atomic E-state index is 0.0171. The van der Waals surface area contributed by atoms with Crippen LogP contribution in [0, 0.1) is 6.92 Å². The van der Waals surface area contributed by atoms with Crippen LogP contribution in [0.25, 0.3) is 6.08 Å².